The number of rotatable bonds is 8. The fourth-order valence-electron chi connectivity index (χ4n) is 3.50. The highest BCUT2D eigenvalue weighted by Gasteiger charge is 2.50. The molecule has 1 aliphatic heterocycles. The number of hydrogen-bond donors (Lipinski definition) is 5. The van der Waals surface area contributed by atoms with Crippen LogP contribution < -0.4 is 5.32 Å². The fraction of sp³-hybridized carbons (Fsp3) is 0.722. The molecule has 12 nitrogen and oxygen atoms in total. The standard InChI is InChI=1S/C18H30N5O7P/c1-6-18(4,26)31(27,28)30-17(2,3)7-10-12(24)13(25)16(29-10)23-9-22-11-14(19-5)20-8-21-15(11)23/h8-10,12-13,16,24-26H,6-7H2,1-5H3,(H,27,28)(H,19,20,21)/t10-,12-,13-,16-,18-/m1/s1. The first-order chi connectivity index (χ1) is 14.3. The van der Waals surface area contributed by atoms with Gasteiger partial charge in [0.25, 0.3) is 0 Å². The summed E-state index contributed by atoms with van der Waals surface area (Å²) in [7, 11) is -2.70. The number of nitrogens with one attached hydrogen (secondary N) is 1. The van der Waals surface area contributed by atoms with Gasteiger partial charge in [0.2, 0.25) is 0 Å². The number of hydrogen-bond acceptors (Lipinski definition) is 10. The van der Waals surface area contributed by atoms with Gasteiger partial charge in [0.1, 0.15) is 24.1 Å². The predicted octanol–water partition coefficient (Wildman–Crippen LogP) is 0.976. The van der Waals surface area contributed by atoms with Crippen molar-refractivity contribution in [3.05, 3.63) is 12.7 Å². The Labute approximate surface area is 179 Å². The third-order valence-electron chi connectivity index (χ3n) is 5.55. The monoisotopic (exact) mass is 459 g/mol. The van der Waals surface area contributed by atoms with E-state index in [0.717, 1.165) is 0 Å². The lowest BCUT2D eigenvalue weighted by Crippen LogP contribution is -2.38. The molecule has 31 heavy (non-hydrogen) atoms. The summed E-state index contributed by atoms with van der Waals surface area (Å²) >= 11 is 0. The van der Waals surface area contributed by atoms with Crippen molar-refractivity contribution in [1.29, 1.82) is 0 Å². The Hall–Kier alpha value is -1.66. The second-order valence-corrected chi connectivity index (χ2v) is 10.7. The zero-order valence-corrected chi connectivity index (χ0v) is 19.0. The highest BCUT2D eigenvalue weighted by atomic mass is 31.2. The van der Waals surface area contributed by atoms with Crippen molar-refractivity contribution in [3.63, 3.8) is 0 Å². The van der Waals surface area contributed by atoms with Crippen molar-refractivity contribution in [2.45, 2.75) is 76.0 Å². The van der Waals surface area contributed by atoms with Crippen LogP contribution in [-0.4, -0.2) is 76.0 Å². The minimum Gasteiger partial charge on any atom is -0.388 e. The number of fused-ring (bicyclic) bond motifs is 1. The molecule has 0 bridgehead atoms. The number of aromatic nitrogens is 4. The van der Waals surface area contributed by atoms with Crippen LogP contribution in [0.4, 0.5) is 5.82 Å². The molecule has 0 radical (unpaired) electrons. The first-order valence-electron chi connectivity index (χ1n) is 9.96. The normalized spacial score (nSPS) is 28.4. The van der Waals surface area contributed by atoms with Crippen LogP contribution in [0.15, 0.2) is 12.7 Å². The van der Waals surface area contributed by atoms with E-state index in [0.29, 0.717) is 17.0 Å². The Bertz CT molecular complexity index is 981. The number of nitrogens with zero attached hydrogens (tertiary/aromatic N) is 4. The zero-order valence-electron chi connectivity index (χ0n) is 18.1. The largest absolute Gasteiger partial charge is 0.388 e. The van der Waals surface area contributed by atoms with Crippen molar-refractivity contribution in [1.82, 2.24) is 19.5 Å². The molecule has 6 atom stereocenters. The Morgan fingerprint density at radius 2 is 1.94 bits per heavy atom. The van der Waals surface area contributed by atoms with Crippen LogP contribution >= 0.6 is 7.60 Å². The van der Waals surface area contributed by atoms with Crippen molar-refractivity contribution in [2.24, 2.45) is 0 Å². The Kier molecular flexibility index (Phi) is 6.47. The van der Waals surface area contributed by atoms with E-state index in [-0.39, 0.29) is 12.8 Å². The summed E-state index contributed by atoms with van der Waals surface area (Å²) in [6, 6.07) is 0. The average Bonchev–Trinajstić information content (AvgIpc) is 3.23. The fourth-order valence-corrected chi connectivity index (χ4v) is 4.84. The summed E-state index contributed by atoms with van der Waals surface area (Å²) < 4.78 is 25.4. The lowest BCUT2D eigenvalue weighted by atomic mass is 9.97. The maximum Gasteiger partial charge on any atom is 0.359 e. The lowest BCUT2D eigenvalue weighted by Gasteiger charge is -2.35. The van der Waals surface area contributed by atoms with Gasteiger partial charge in [-0.2, -0.15) is 0 Å². The van der Waals surface area contributed by atoms with Gasteiger partial charge in [0.15, 0.2) is 23.0 Å². The molecule has 0 aliphatic carbocycles. The van der Waals surface area contributed by atoms with Gasteiger partial charge in [-0.3, -0.25) is 9.13 Å². The van der Waals surface area contributed by atoms with Crippen LogP contribution in [0.1, 0.15) is 46.8 Å². The molecule has 1 unspecified atom stereocenters. The van der Waals surface area contributed by atoms with Gasteiger partial charge < -0.3 is 34.8 Å². The molecule has 174 valence electrons. The van der Waals surface area contributed by atoms with E-state index in [1.165, 1.54) is 24.1 Å². The van der Waals surface area contributed by atoms with Gasteiger partial charge in [-0.1, -0.05) is 6.92 Å². The molecule has 3 heterocycles. The second kappa shape index (κ2) is 8.36. The number of ether oxygens (including phenoxy) is 1. The third kappa shape index (κ3) is 4.47. The molecule has 5 N–H and O–H groups in total. The average molecular weight is 459 g/mol. The van der Waals surface area contributed by atoms with E-state index < -0.39 is 43.1 Å². The highest BCUT2D eigenvalue weighted by molar-refractivity contribution is 7.54. The minimum atomic E-state index is -4.40. The van der Waals surface area contributed by atoms with Gasteiger partial charge >= 0.3 is 7.60 Å². The van der Waals surface area contributed by atoms with Gasteiger partial charge in [-0.25, -0.2) is 15.0 Å². The van der Waals surface area contributed by atoms with Crippen LogP contribution in [0, 0.1) is 0 Å². The quantitative estimate of drug-likeness (QED) is 0.356. The van der Waals surface area contributed by atoms with Crippen LogP contribution in [0.2, 0.25) is 0 Å². The molecule has 0 amide bonds. The summed E-state index contributed by atoms with van der Waals surface area (Å²) in [5, 5.41) is 32.4. The number of aliphatic hydroxyl groups excluding tert-OH is 2. The smallest absolute Gasteiger partial charge is 0.359 e. The van der Waals surface area contributed by atoms with Crippen LogP contribution in [0.3, 0.4) is 0 Å². The Balaban J connectivity index is 1.81. The van der Waals surface area contributed by atoms with E-state index in [1.807, 2.05) is 0 Å². The minimum absolute atomic E-state index is 0.0182. The Morgan fingerprint density at radius 1 is 1.26 bits per heavy atom. The Morgan fingerprint density at radius 3 is 2.55 bits per heavy atom. The van der Waals surface area contributed by atoms with Crippen molar-refractivity contribution in [2.75, 3.05) is 12.4 Å². The van der Waals surface area contributed by atoms with E-state index >= 15 is 0 Å². The summed E-state index contributed by atoms with van der Waals surface area (Å²) in [6.07, 6.45) is -1.71. The number of aliphatic hydroxyl groups is 3. The highest BCUT2D eigenvalue weighted by Crippen LogP contribution is 2.58. The SMILES string of the molecule is CC[C@](C)(O)P(=O)(O)OC(C)(C)C[C@H]1O[C@@H](n2cnc3c(NC)ncnc32)[C@H](O)[C@@H]1O. The molecule has 2 aromatic heterocycles. The van der Waals surface area contributed by atoms with Crippen LogP contribution in [-0.2, 0) is 13.8 Å². The van der Waals surface area contributed by atoms with Crippen molar-refractivity contribution >= 4 is 24.6 Å². The predicted molar refractivity (Wildman–Crippen MR) is 111 cm³/mol. The molecule has 1 fully saturated rings. The molecule has 0 saturated carbocycles. The first kappa shape index (κ1) is 24.0. The summed E-state index contributed by atoms with van der Waals surface area (Å²) in [5.74, 6) is 0.504. The second-order valence-electron chi connectivity index (χ2n) is 8.49. The lowest BCUT2D eigenvalue weighted by molar-refractivity contribution is -0.0636. The van der Waals surface area contributed by atoms with Crippen molar-refractivity contribution in [3.8, 4) is 0 Å². The zero-order chi connectivity index (χ0) is 23.2. The van der Waals surface area contributed by atoms with Crippen LogP contribution in [0.25, 0.3) is 11.2 Å². The van der Waals surface area contributed by atoms with Gasteiger partial charge in [-0.15, -0.1) is 0 Å². The molecule has 2 aromatic rings. The molecular formula is C18H30N5O7P. The summed E-state index contributed by atoms with van der Waals surface area (Å²) in [6.45, 7) is 5.91. The maximum absolute atomic E-state index is 12.6. The number of imidazole rings is 1. The topological polar surface area (TPSA) is 172 Å². The molecule has 3 rings (SSSR count). The number of anilines is 1. The molecule has 13 heteroatoms. The first-order valence-corrected chi connectivity index (χ1v) is 11.5. The molecule has 0 aromatic carbocycles. The van der Waals surface area contributed by atoms with E-state index in [4.69, 9.17) is 9.26 Å². The van der Waals surface area contributed by atoms with E-state index in [9.17, 15) is 24.8 Å². The van der Waals surface area contributed by atoms with Crippen molar-refractivity contribution < 1.29 is 34.0 Å². The molecule has 1 saturated heterocycles. The van der Waals surface area contributed by atoms with E-state index in [1.54, 1.807) is 27.8 Å². The summed E-state index contributed by atoms with van der Waals surface area (Å²) in [4.78, 5) is 22.8. The molecule has 1 aliphatic rings. The molecular weight excluding hydrogens is 429 g/mol. The van der Waals surface area contributed by atoms with E-state index in [2.05, 4.69) is 20.3 Å². The maximum atomic E-state index is 12.6. The third-order valence-corrected chi connectivity index (χ3v) is 7.82. The van der Waals surface area contributed by atoms with Gasteiger partial charge in [0.05, 0.1) is 18.0 Å². The molecule has 0 spiro atoms. The van der Waals surface area contributed by atoms with Gasteiger partial charge in [0, 0.05) is 13.5 Å². The van der Waals surface area contributed by atoms with Gasteiger partial charge in [-0.05, 0) is 27.2 Å². The summed E-state index contributed by atoms with van der Waals surface area (Å²) in [5.41, 5.74) is -0.363. The van der Waals surface area contributed by atoms with Crippen LogP contribution in [0.5, 0.6) is 0 Å².